The molecule has 26 heavy (non-hydrogen) atoms. The van der Waals surface area contributed by atoms with E-state index in [-0.39, 0.29) is 17.9 Å². The molecule has 2 amide bonds. The second kappa shape index (κ2) is 6.87. The molecule has 2 aromatic heterocycles. The molecular formula is C18H19N5O2S. The SMILES string of the molecule is CC(=O)Nc1nc(C(=O)N2CCCC[C@@H]2c2nc3ccccc3[nH]2)cs1. The predicted molar refractivity (Wildman–Crippen MR) is 100 cm³/mol. The maximum absolute atomic E-state index is 13.0. The number of fused-ring (bicyclic) bond motifs is 1. The smallest absolute Gasteiger partial charge is 0.274 e. The fourth-order valence-electron chi connectivity index (χ4n) is 3.32. The molecule has 8 heteroatoms. The highest BCUT2D eigenvalue weighted by molar-refractivity contribution is 7.14. The lowest BCUT2D eigenvalue weighted by Gasteiger charge is -2.34. The van der Waals surface area contributed by atoms with Crippen LogP contribution in [0.25, 0.3) is 11.0 Å². The fourth-order valence-corrected chi connectivity index (χ4v) is 4.05. The number of carbonyl (C=O) groups is 2. The number of nitrogens with one attached hydrogen (secondary N) is 2. The molecule has 0 aliphatic carbocycles. The maximum Gasteiger partial charge on any atom is 0.274 e. The van der Waals surface area contributed by atoms with Gasteiger partial charge >= 0.3 is 0 Å². The summed E-state index contributed by atoms with van der Waals surface area (Å²) in [5.74, 6) is 0.496. The molecule has 0 unspecified atom stereocenters. The van der Waals surface area contributed by atoms with Crippen LogP contribution in [-0.2, 0) is 4.79 Å². The second-order valence-corrected chi connectivity index (χ2v) is 7.23. The number of thiazole rings is 1. The molecule has 1 aromatic carbocycles. The van der Waals surface area contributed by atoms with Crippen LogP contribution < -0.4 is 5.32 Å². The molecule has 2 N–H and O–H groups in total. The lowest BCUT2D eigenvalue weighted by Crippen LogP contribution is -2.39. The Labute approximate surface area is 154 Å². The quantitative estimate of drug-likeness (QED) is 0.741. The van der Waals surface area contributed by atoms with Gasteiger partial charge in [-0.15, -0.1) is 11.3 Å². The first-order valence-corrected chi connectivity index (χ1v) is 9.48. The number of hydrogen-bond acceptors (Lipinski definition) is 5. The van der Waals surface area contributed by atoms with Crippen molar-refractivity contribution in [3.63, 3.8) is 0 Å². The molecular weight excluding hydrogens is 350 g/mol. The van der Waals surface area contributed by atoms with Crippen LogP contribution in [0, 0.1) is 0 Å². The number of hydrogen-bond donors (Lipinski definition) is 2. The molecule has 1 aliphatic rings. The van der Waals surface area contributed by atoms with E-state index in [1.165, 1.54) is 18.3 Å². The van der Waals surface area contributed by atoms with Crippen LogP contribution in [0.3, 0.4) is 0 Å². The lowest BCUT2D eigenvalue weighted by atomic mass is 10.0. The van der Waals surface area contributed by atoms with Crippen LogP contribution in [0.5, 0.6) is 0 Å². The van der Waals surface area contributed by atoms with Gasteiger partial charge in [-0.2, -0.15) is 0 Å². The van der Waals surface area contributed by atoms with E-state index in [1.54, 1.807) is 5.38 Å². The largest absolute Gasteiger partial charge is 0.340 e. The minimum Gasteiger partial charge on any atom is -0.340 e. The van der Waals surface area contributed by atoms with Crippen LogP contribution in [0.4, 0.5) is 5.13 Å². The van der Waals surface area contributed by atoms with Gasteiger partial charge in [-0.05, 0) is 31.4 Å². The number of likely N-dealkylation sites (tertiary alicyclic amines) is 1. The van der Waals surface area contributed by atoms with Gasteiger partial charge in [0.05, 0.1) is 17.1 Å². The Morgan fingerprint density at radius 3 is 2.92 bits per heavy atom. The van der Waals surface area contributed by atoms with Crippen molar-refractivity contribution in [3.05, 3.63) is 41.2 Å². The predicted octanol–water partition coefficient (Wildman–Crippen LogP) is 3.35. The van der Waals surface area contributed by atoms with Crippen molar-refractivity contribution in [1.29, 1.82) is 0 Å². The molecule has 0 saturated carbocycles. The molecule has 7 nitrogen and oxygen atoms in total. The summed E-state index contributed by atoms with van der Waals surface area (Å²) in [5, 5.41) is 4.76. The highest BCUT2D eigenvalue weighted by Crippen LogP contribution is 2.32. The molecule has 1 atom stereocenters. The van der Waals surface area contributed by atoms with E-state index in [1.807, 2.05) is 29.2 Å². The Morgan fingerprint density at radius 2 is 2.12 bits per heavy atom. The van der Waals surface area contributed by atoms with Crippen molar-refractivity contribution in [1.82, 2.24) is 19.9 Å². The van der Waals surface area contributed by atoms with Crippen LogP contribution >= 0.6 is 11.3 Å². The van der Waals surface area contributed by atoms with E-state index in [4.69, 9.17) is 0 Å². The summed E-state index contributed by atoms with van der Waals surface area (Å²) in [7, 11) is 0. The third-order valence-electron chi connectivity index (χ3n) is 4.49. The van der Waals surface area contributed by atoms with Crippen LogP contribution in [0.1, 0.15) is 48.5 Å². The van der Waals surface area contributed by atoms with Gasteiger partial charge in [-0.1, -0.05) is 12.1 Å². The Kier molecular flexibility index (Phi) is 4.42. The number of amides is 2. The molecule has 1 saturated heterocycles. The number of rotatable bonds is 3. The summed E-state index contributed by atoms with van der Waals surface area (Å²) in [6, 6.07) is 7.78. The third kappa shape index (κ3) is 3.20. The number of aromatic nitrogens is 3. The third-order valence-corrected chi connectivity index (χ3v) is 5.25. The van der Waals surface area contributed by atoms with E-state index in [9.17, 15) is 9.59 Å². The number of nitrogens with zero attached hydrogens (tertiary/aromatic N) is 3. The fraction of sp³-hybridized carbons (Fsp3) is 0.333. The number of anilines is 1. The minimum atomic E-state index is -0.198. The summed E-state index contributed by atoms with van der Waals surface area (Å²) < 4.78 is 0. The van der Waals surface area contributed by atoms with Crippen molar-refractivity contribution in [2.45, 2.75) is 32.2 Å². The highest BCUT2D eigenvalue weighted by Gasteiger charge is 2.32. The monoisotopic (exact) mass is 369 g/mol. The van der Waals surface area contributed by atoms with Gasteiger partial charge < -0.3 is 15.2 Å². The summed E-state index contributed by atoms with van der Waals surface area (Å²) in [4.78, 5) is 38.3. The van der Waals surface area contributed by atoms with Gasteiger partial charge in [0.1, 0.15) is 11.5 Å². The Bertz CT molecular complexity index is 930. The molecule has 1 fully saturated rings. The normalized spacial score (nSPS) is 17.4. The number of H-pyrrole nitrogens is 1. The lowest BCUT2D eigenvalue weighted by molar-refractivity contribution is -0.114. The van der Waals surface area contributed by atoms with Gasteiger partial charge in [-0.25, -0.2) is 9.97 Å². The van der Waals surface area contributed by atoms with Gasteiger partial charge in [0.25, 0.3) is 5.91 Å². The number of benzene rings is 1. The first-order chi connectivity index (χ1) is 12.6. The molecule has 1 aliphatic heterocycles. The van der Waals surface area contributed by atoms with Gasteiger partial charge in [-0.3, -0.25) is 9.59 Å². The van der Waals surface area contributed by atoms with E-state index >= 15 is 0 Å². The van der Waals surface area contributed by atoms with Crippen LogP contribution in [0.2, 0.25) is 0 Å². The molecule has 4 rings (SSSR count). The number of carbonyl (C=O) groups excluding carboxylic acids is 2. The molecule has 134 valence electrons. The van der Waals surface area contributed by atoms with Crippen molar-refractivity contribution in [2.24, 2.45) is 0 Å². The van der Waals surface area contributed by atoms with E-state index in [0.717, 1.165) is 36.1 Å². The molecule has 0 spiro atoms. The summed E-state index contributed by atoms with van der Waals surface area (Å²) in [5.41, 5.74) is 2.24. The van der Waals surface area contributed by atoms with Crippen LogP contribution in [-0.4, -0.2) is 38.2 Å². The molecule has 0 bridgehead atoms. The van der Waals surface area contributed by atoms with E-state index < -0.39 is 0 Å². The second-order valence-electron chi connectivity index (χ2n) is 6.37. The van der Waals surface area contributed by atoms with E-state index in [0.29, 0.717) is 17.4 Å². The highest BCUT2D eigenvalue weighted by atomic mass is 32.1. The van der Waals surface area contributed by atoms with Gasteiger partial charge in [0, 0.05) is 18.8 Å². The zero-order valence-corrected chi connectivity index (χ0v) is 15.2. The van der Waals surface area contributed by atoms with Crippen LogP contribution in [0.15, 0.2) is 29.6 Å². The van der Waals surface area contributed by atoms with Crippen molar-refractivity contribution < 1.29 is 9.59 Å². The molecule has 0 radical (unpaired) electrons. The Balaban J connectivity index is 1.61. The average molecular weight is 369 g/mol. The number of piperidine rings is 1. The molecule has 3 aromatic rings. The van der Waals surface area contributed by atoms with Crippen molar-refractivity contribution >= 4 is 39.3 Å². The van der Waals surface area contributed by atoms with Crippen molar-refractivity contribution in [2.75, 3.05) is 11.9 Å². The first-order valence-electron chi connectivity index (χ1n) is 8.60. The zero-order valence-electron chi connectivity index (χ0n) is 14.4. The number of imidazole rings is 1. The van der Waals surface area contributed by atoms with Gasteiger partial charge in [0.2, 0.25) is 5.91 Å². The van der Waals surface area contributed by atoms with Gasteiger partial charge in [0.15, 0.2) is 5.13 Å². The van der Waals surface area contributed by atoms with Crippen molar-refractivity contribution in [3.8, 4) is 0 Å². The van der Waals surface area contributed by atoms with E-state index in [2.05, 4.69) is 20.3 Å². The Hall–Kier alpha value is -2.74. The minimum absolute atomic E-state index is 0.0884. The number of para-hydroxylation sites is 2. The molecule has 3 heterocycles. The summed E-state index contributed by atoms with van der Waals surface area (Å²) in [6.45, 7) is 2.10. The standard InChI is InChI=1S/C18H19N5O2S/c1-11(24)19-18-22-14(10-26-18)17(25)23-9-5-4-8-15(23)16-20-12-6-2-3-7-13(12)21-16/h2-3,6-7,10,15H,4-5,8-9H2,1H3,(H,20,21)(H,19,22,24)/t15-/m1/s1. The maximum atomic E-state index is 13.0. The summed E-state index contributed by atoms with van der Waals surface area (Å²) >= 11 is 1.26. The average Bonchev–Trinajstić information content (AvgIpc) is 3.27. The first kappa shape index (κ1) is 16.7. The topological polar surface area (TPSA) is 91.0 Å². The number of aromatic amines is 1. The Morgan fingerprint density at radius 1 is 1.27 bits per heavy atom. The zero-order chi connectivity index (χ0) is 18.1. The summed E-state index contributed by atoms with van der Waals surface area (Å²) in [6.07, 6.45) is 2.89.